The lowest BCUT2D eigenvalue weighted by Crippen LogP contribution is -2.59. The smallest absolute Gasteiger partial charge is 0.278 e. The van der Waals surface area contributed by atoms with Gasteiger partial charge in [-0.25, -0.2) is 13.5 Å². The summed E-state index contributed by atoms with van der Waals surface area (Å²) in [6.07, 6.45) is -1.85. The number of aromatic nitrogens is 1. The zero-order valence-electron chi connectivity index (χ0n) is 17.0. The van der Waals surface area contributed by atoms with Gasteiger partial charge >= 0.3 is 0 Å². The Kier molecular flexibility index (Phi) is 5.33. The standard InChI is InChI=1S/C20H19ClF2N4O5/c1-3-25-8(2)26-7-12(28)15-13(17(29)18(30)16(20(25)32)27(15)26)19(31)24-6-9-11(22)5-4-10(21)14(9)23/h4-5,8,12,28,30H,3,6-7H2,1-2H3,(H,24,31). The van der Waals surface area contributed by atoms with Crippen molar-refractivity contribution in [1.29, 1.82) is 0 Å². The van der Waals surface area contributed by atoms with Gasteiger partial charge in [-0.2, -0.15) is 0 Å². The van der Waals surface area contributed by atoms with E-state index in [0.29, 0.717) is 0 Å². The van der Waals surface area contributed by atoms with Gasteiger partial charge in [0.15, 0.2) is 11.4 Å². The minimum Gasteiger partial charge on any atom is -0.502 e. The van der Waals surface area contributed by atoms with Crippen LogP contribution in [0, 0.1) is 11.6 Å². The monoisotopic (exact) mass is 468 g/mol. The third-order valence-corrected chi connectivity index (χ3v) is 6.07. The van der Waals surface area contributed by atoms with Crippen LogP contribution in [0.15, 0.2) is 16.9 Å². The number of hydrogen-bond acceptors (Lipinski definition) is 6. The lowest BCUT2D eigenvalue weighted by molar-refractivity contribution is 0.0607. The van der Waals surface area contributed by atoms with E-state index in [1.807, 2.05) is 0 Å². The average Bonchev–Trinajstić information content (AvgIpc) is 3.08. The fourth-order valence-corrected chi connectivity index (χ4v) is 4.36. The third-order valence-electron chi connectivity index (χ3n) is 5.77. The molecule has 0 saturated heterocycles. The maximum absolute atomic E-state index is 14.1. The van der Waals surface area contributed by atoms with Crippen molar-refractivity contribution in [3.05, 3.63) is 61.5 Å². The minimum atomic E-state index is -1.32. The van der Waals surface area contributed by atoms with Crippen molar-refractivity contribution in [3.8, 4) is 5.75 Å². The summed E-state index contributed by atoms with van der Waals surface area (Å²) in [5, 5.41) is 24.6. The molecule has 3 N–H and O–H groups in total. The first-order valence-electron chi connectivity index (χ1n) is 9.78. The summed E-state index contributed by atoms with van der Waals surface area (Å²) in [7, 11) is 0. The van der Waals surface area contributed by atoms with Crippen molar-refractivity contribution in [2.75, 3.05) is 18.1 Å². The van der Waals surface area contributed by atoms with Crippen LogP contribution in [0.5, 0.6) is 5.75 Å². The topological polar surface area (TPSA) is 115 Å². The van der Waals surface area contributed by atoms with E-state index in [9.17, 15) is 33.4 Å². The lowest BCUT2D eigenvalue weighted by Gasteiger charge is -2.42. The van der Waals surface area contributed by atoms with E-state index in [-0.39, 0.29) is 29.5 Å². The Labute approximate surface area is 185 Å². The van der Waals surface area contributed by atoms with Crippen molar-refractivity contribution < 1.29 is 28.6 Å². The Morgan fingerprint density at radius 3 is 2.66 bits per heavy atom. The number of benzene rings is 1. The van der Waals surface area contributed by atoms with Gasteiger partial charge in [-0.3, -0.25) is 19.4 Å². The highest BCUT2D eigenvalue weighted by Crippen LogP contribution is 2.35. The highest BCUT2D eigenvalue weighted by molar-refractivity contribution is 6.30. The molecule has 2 aliphatic rings. The van der Waals surface area contributed by atoms with Crippen molar-refractivity contribution in [3.63, 3.8) is 0 Å². The Morgan fingerprint density at radius 2 is 2.00 bits per heavy atom. The van der Waals surface area contributed by atoms with Crippen LogP contribution < -0.4 is 15.8 Å². The molecule has 0 bridgehead atoms. The quantitative estimate of drug-likeness (QED) is 0.581. The maximum Gasteiger partial charge on any atom is 0.278 e. The zero-order chi connectivity index (χ0) is 23.5. The lowest BCUT2D eigenvalue weighted by atomic mass is 10.1. The molecule has 3 heterocycles. The molecule has 2 amide bonds. The molecule has 0 radical (unpaired) electrons. The first-order valence-corrected chi connectivity index (χ1v) is 10.2. The Morgan fingerprint density at radius 1 is 1.31 bits per heavy atom. The number of halogens is 3. The van der Waals surface area contributed by atoms with E-state index >= 15 is 0 Å². The molecule has 12 heteroatoms. The van der Waals surface area contributed by atoms with Crippen LogP contribution in [0.25, 0.3) is 0 Å². The molecular formula is C20H19ClF2N4O5. The number of nitrogens with zero attached hydrogens (tertiary/aromatic N) is 3. The van der Waals surface area contributed by atoms with Crippen LogP contribution in [0.1, 0.15) is 52.1 Å². The molecule has 2 aliphatic heterocycles. The Hall–Kier alpha value is -3.18. The van der Waals surface area contributed by atoms with Crippen LogP contribution in [0.2, 0.25) is 5.02 Å². The summed E-state index contributed by atoms with van der Waals surface area (Å²) in [5.74, 6) is -4.67. The molecule has 2 atom stereocenters. The molecule has 9 nitrogen and oxygen atoms in total. The largest absolute Gasteiger partial charge is 0.502 e. The van der Waals surface area contributed by atoms with E-state index in [1.54, 1.807) is 18.9 Å². The number of aromatic hydroxyl groups is 1. The van der Waals surface area contributed by atoms with Gasteiger partial charge in [-0.1, -0.05) is 11.6 Å². The molecule has 4 rings (SSSR count). The molecule has 2 unspecified atom stereocenters. The molecule has 2 aromatic rings. The predicted molar refractivity (Wildman–Crippen MR) is 109 cm³/mol. The Bertz CT molecular complexity index is 1220. The van der Waals surface area contributed by atoms with Crippen molar-refractivity contribution in [1.82, 2.24) is 14.9 Å². The summed E-state index contributed by atoms with van der Waals surface area (Å²) in [6.45, 7) is 3.03. The number of aliphatic hydroxyl groups is 1. The number of carbonyl (C=O) groups excluding carboxylic acids is 2. The van der Waals surface area contributed by atoms with Gasteiger partial charge in [0.25, 0.3) is 11.8 Å². The molecule has 0 fully saturated rings. The number of rotatable bonds is 4. The number of hydrogen-bond donors (Lipinski definition) is 3. The molecule has 170 valence electrons. The van der Waals surface area contributed by atoms with Crippen LogP contribution >= 0.6 is 11.6 Å². The van der Waals surface area contributed by atoms with Crippen molar-refractivity contribution in [2.45, 2.75) is 32.7 Å². The number of aliphatic hydroxyl groups excluding tert-OH is 1. The highest BCUT2D eigenvalue weighted by Gasteiger charge is 2.46. The van der Waals surface area contributed by atoms with Gasteiger partial charge in [-0.15, -0.1) is 0 Å². The van der Waals surface area contributed by atoms with Crippen LogP contribution in [-0.4, -0.2) is 50.9 Å². The van der Waals surface area contributed by atoms with Gasteiger partial charge in [0, 0.05) is 18.7 Å². The number of carbonyl (C=O) groups is 2. The first-order chi connectivity index (χ1) is 15.1. The Balaban J connectivity index is 1.79. The van der Waals surface area contributed by atoms with E-state index in [1.165, 1.54) is 9.58 Å². The van der Waals surface area contributed by atoms with Gasteiger partial charge in [0.05, 0.1) is 17.3 Å². The molecular weight excluding hydrogens is 450 g/mol. The van der Waals surface area contributed by atoms with Gasteiger partial charge < -0.3 is 20.4 Å². The third kappa shape index (κ3) is 3.03. The van der Waals surface area contributed by atoms with Crippen LogP contribution in [0.4, 0.5) is 8.78 Å². The van der Waals surface area contributed by atoms with Gasteiger partial charge in [-0.05, 0) is 26.0 Å². The normalized spacial score (nSPS) is 19.4. The van der Waals surface area contributed by atoms with Crippen molar-refractivity contribution in [2.24, 2.45) is 0 Å². The van der Waals surface area contributed by atoms with E-state index in [4.69, 9.17) is 11.6 Å². The average molecular weight is 469 g/mol. The SMILES string of the molecule is CCN1C(=O)c2c(O)c(=O)c(C(=O)NCc3c(F)ccc(Cl)c3F)c3n2N(CC3O)C1C. The summed E-state index contributed by atoms with van der Waals surface area (Å²) in [4.78, 5) is 40.0. The summed E-state index contributed by atoms with van der Waals surface area (Å²) < 4.78 is 29.3. The number of nitrogens with one attached hydrogen (secondary N) is 1. The fourth-order valence-electron chi connectivity index (χ4n) is 4.18. The summed E-state index contributed by atoms with van der Waals surface area (Å²) in [6, 6.07) is 1.95. The van der Waals surface area contributed by atoms with Gasteiger partial charge in [0.2, 0.25) is 5.43 Å². The van der Waals surface area contributed by atoms with E-state index in [0.717, 1.165) is 12.1 Å². The van der Waals surface area contributed by atoms with E-state index in [2.05, 4.69) is 5.32 Å². The zero-order valence-corrected chi connectivity index (χ0v) is 17.8. The molecule has 32 heavy (non-hydrogen) atoms. The second-order valence-electron chi connectivity index (χ2n) is 7.46. The van der Waals surface area contributed by atoms with Crippen molar-refractivity contribution >= 4 is 23.4 Å². The number of amides is 2. The van der Waals surface area contributed by atoms with Crippen LogP contribution in [-0.2, 0) is 6.54 Å². The highest BCUT2D eigenvalue weighted by atomic mass is 35.5. The molecule has 0 spiro atoms. The maximum atomic E-state index is 14.1. The molecule has 1 aromatic carbocycles. The van der Waals surface area contributed by atoms with Gasteiger partial charge in [0.1, 0.15) is 29.5 Å². The second-order valence-corrected chi connectivity index (χ2v) is 7.87. The molecule has 1 aromatic heterocycles. The minimum absolute atomic E-state index is 0.0430. The first kappa shape index (κ1) is 22.0. The van der Waals surface area contributed by atoms with E-state index < -0.39 is 64.6 Å². The number of pyridine rings is 1. The molecule has 0 aliphatic carbocycles. The summed E-state index contributed by atoms with van der Waals surface area (Å²) in [5.41, 5.74) is -2.84. The fraction of sp³-hybridized carbons (Fsp3) is 0.350. The second kappa shape index (κ2) is 7.75. The predicted octanol–water partition coefficient (Wildman–Crippen LogP) is 1.22. The van der Waals surface area contributed by atoms with Crippen LogP contribution in [0.3, 0.4) is 0 Å². The molecule has 0 saturated carbocycles. The summed E-state index contributed by atoms with van der Waals surface area (Å²) >= 11 is 5.65.